The predicted octanol–water partition coefficient (Wildman–Crippen LogP) is 4.42. The molecule has 0 atom stereocenters. The molecule has 0 saturated carbocycles. The molecule has 6 aliphatic carbocycles. The number of aliphatic carboxylic acids is 1. The molecule has 0 spiro atoms. The Hall–Kier alpha value is -2.35. The van der Waals surface area contributed by atoms with E-state index >= 15 is 0 Å². The van der Waals surface area contributed by atoms with E-state index in [2.05, 4.69) is 42.5 Å². The Balaban J connectivity index is 2.10. The standard InChI is InChI=1S/C19H18O2/c20-19(21)12-11-18-13-16-5-3-14(4-6-16)1-2-15-7-9-17(18)10-8-15/h1-3,5,7,9,11-13H,4,6,8,10H2,(H,20,21)/b2-1?,12-11?,14-1-,15-2+,16-13?,18-13?,18-17+. The molecule has 0 unspecified atom stereocenters. The Morgan fingerprint density at radius 2 is 1.52 bits per heavy atom. The Morgan fingerprint density at radius 1 is 0.905 bits per heavy atom. The van der Waals surface area contributed by atoms with Crippen molar-refractivity contribution in [3.63, 3.8) is 0 Å². The molecule has 0 saturated heterocycles. The molecule has 106 valence electrons. The van der Waals surface area contributed by atoms with Gasteiger partial charge in [0.05, 0.1) is 0 Å². The maximum absolute atomic E-state index is 10.8. The van der Waals surface area contributed by atoms with E-state index in [0.29, 0.717) is 0 Å². The molecule has 0 radical (unpaired) electrons. The average Bonchev–Trinajstić information content (AvgIpc) is 2.49. The van der Waals surface area contributed by atoms with Crippen molar-refractivity contribution in [1.29, 1.82) is 0 Å². The van der Waals surface area contributed by atoms with Crippen LogP contribution in [0.1, 0.15) is 25.7 Å². The van der Waals surface area contributed by atoms with E-state index in [0.717, 1.165) is 31.3 Å². The van der Waals surface area contributed by atoms with Crippen LogP contribution in [0.2, 0.25) is 0 Å². The lowest BCUT2D eigenvalue weighted by molar-refractivity contribution is -0.131. The third kappa shape index (κ3) is 3.40. The first-order valence-electron chi connectivity index (χ1n) is 7.31. The summed E-state index contributed by atoms with van der Waals surface area (Å²) in [5.41, 5.74) is 6.16. The smallest absolute Gasteiger partial charge is 0.328 e. The van der Waals surface area contributed by atoms with Crippen molar-refractivity contribution >= 4 is 5.97 Å². The van der Waals surface area contributed by atoms with E-state index < -0.39 is 5.97 Å². The fourth-order valence-corrected chi connectivity index (χ4v) is 2.78. The zero-order chi connectivity index (χ0) is 14.7. The second-order valence-corrected chi connectivity index (χ2v) is 5.52. The number of allylic oxidation sites excluding steroid dienone is 13. The van der Waals surface area contributed by atoms with Crippen LogP contribution in [0.25, 0.3) is 0 Å². The normalized spacial score (nSPS) is 29.4. The van der Waals surface area contributed by atoms with Gasteiger partial charge in [-0.3, -0.25) is 0 Å². The summed E-state index contributed by atoms with van der Waals surface area (Å²) in [6.45, 7) is 0. The molecule has 1 N–H and O–H groups in total. The molecular formula is C19H18O2. The van der Waals surface area contributed by atoms with Crippen LogP contribution in [-0.2, 0) is 4.79 Å². The molecular weight excluding hydrogens is 260 g/mol. The summed E-state index contributed by atoms with van der Waals surface area (Å²) >= 11 is 0. The van der Waals surface area contributed by atoms with Gasteiger partial charge in [0.2, 0.25) is 0 Å². The van der Waals surface area contributed by atoms with Crippen molar-refractivity contribution in [2.24, 2.45) is 0 Å². The minimum absolute atomic E-state index is 0.905. The van der Waals surface area contributed by atoms with Crippen LogP contribution in [0, 0.1) is 0 Å². The van der Waals surface area contributed by atoms with Crippen LogP contribution >= 0.6 is 0 Å². The van der Waals surface area contributed by atoms with Crippen molar-refractivity contribution in [3.8, 4) is 0 Å². The third-order valence-corrected chi connectivity index (χ3v) is 4.02. The zero-order valence-electron chi connectivity index (χ0n) is 11.9. The minimum atomic E-state index is -0.905. The van der Waals surface area contributed by atoms with Gasteiger partial charge in [0.25, 0.3) is 0 Å². The molecule has 6 aliphatic rings. The summed E-state index contributed by atoms with van der Waals surface area (Å²) in [5.74, 6) is -0.905. The number of rotatable bonds is 2. The van der Waals surface area contributed by atoms with Crippen molar-refractivity contribution in [2.45, 2.75) is 25.7 Å². The van der Waals surface area contributed by atoms with Gasteiger partial charge < -0.3 is 5.11 Å². The summed E-state index contributed by atoms with van der Waals surface area (Å²) in [7, 11) is 0. The quantitative estimate of drug-likeness (QED) is 0.759. The molecule has 2 nitrogen and oxygen atoms in total. The lowest BCUT2D eigenvalue weighted by Gasteiger charge is -2.17. The maximum atomic E-state index is 10.8. The first-order chi connectivity index (χ1) is 10.2. The highest BCUT2D eigenvalue weighted by molar-refractivity contribution is 5.80. The molecule has 2 heteroatoms. The van der Waals surface area contributed by atoms with Gasteiger partial charge in [-0.2, -0.15) is 0 Å². The van der Waals surface area contributed by atoms with E-state index in [1.54, 1.807) is 6.08 Å². The lowest BCUT2D eigenvalue weighted by Crippen LogP contribution is -1.98. The molecule has 6 rings (SSSR count). The van der Waals surface area contributed by atoms with Crippen molar-refractivity contribution in [2.75, 3.05) is 0 Å². The molecule has 0 fully saturated rings. The summed E-state index contributed by atoms with van der Waals surface area (Å²) in [4.78, 5) is 10.8. The zero-order valence-corrected chi connectivity index (χ0v) is 11.9. The average molecular weight is 278 g/mol. The summed E-state index contributed by atoms with van der Waals surface area (Å²) in [6, 6.07) is 0. The molecule has 0 heterocycles. The van der Waals surface area contributed by atoms with Gasteiger partial charge in [-0.1, -0.05) is 42.5 Å². The summed E-state index contributed by atoms with van der Waals surface area (Å²) in [5, 5.41) is 8.87. The number of carboxylic acids is 1. The van der Waals surface area contributed by atoms with E-state index in [-0.39, 0.29) is 0 Å². The van der Waals surface area contributed by atoms with E-state index in [1.807, 2.05) is 0 Å². The monoisotopic (exact) mass is 278 g/mol. The second kappa shape index (κ2) is 5.96. The van der Waals surface area contributed by atoms with Gasteiger partial charge in [0.1, 0.15) is 0 Å². The first-order valence-corrected chi connectivity index (χ1v) is 7.31. The van der Waals surface area contributed by atoms with Gasteiger partial charge in [-0.25, -0.2) is 4.79 Å². The predicted molar refractivity (Wildman–Crippen MR) is 84.8 cm³/mol. The lowest BCUT2D eigenvalue weighted by atomic mass is 9.89. The number of hydrogen-bond donors (Lipinski definition) is 1. The first kappa shape index (κ1) is 13.6. The fourth-order valence-electron chi connectivity index (χ4n) is 2.78. The van der Waals surface area contributed by atoms with Crippen LogP contribution in [0.3, 0.4) is 0 Å². The highest BCUT2D eigenvalue weighted by Crippen LogP contribution is 2.29. The largest absolute Gasteiger partial charge is 0.478 e. The number of hydrogen-bond acceptors (Lipinski definition) is 1. The second-order valence-electron chi connectivity index (χ2n) is 5.52. The SMILES string of the molecule is O=C(O)C=C/C1=C2C=C/C(=C\C=C3\C=CC(=C1)CC3)CC/2. The Bertz CT molecular complexity index is 676. The van der Waals surface area contributed by atoms with Gasteiger partial charge >= 0.3 is 5.97 Å². The van der Waals surface area contributed by atoms with Crippen molar-refractivity contribution < 1.29 is 9.90 Å². The van der Waals surface area contributed by atoms with Gasteiger partial charge in [-0.15, -0.1) is 0 Å². The van der Waals surface area contributed by atoms with Crippen LogP contribution in [0.15, 0.2) is 82.5 Å². The van der Waals surface area contributed by atoms with Gasteiger partial charge in [0.15, 0.2) is 0 Å². The van der Waals surface area contributed by atoms with Crippen LogP contribution in [0.5, 0.6) is 0 Å². The molecule has 0 amide bonds. The Morgan fingerprint density at radius 3 is 2.10 bits per heavy atom. The molecule has 0 aromatic heterocycles. The third-order valence-electron chi connectivity index (χ3n) is 4.02. The van der Waals surface area contributed by atoms with Gasteiger partial charge in [0, 0.05) is 6.08 Å². The molecule has 0 aliphatic heterocycles. The van der Waals surface area contributed by atoms with Crippen molar-refractivity contribution in [1.82, 2.24) is 0 Å². The minimum Gasteiger partial charge on any atom is -0.478 e. The van der Waals surface area contributed by atoms with Crippen LogP contribution in [-0.4, -0.2) is 11.1 Å². The molecule has 0 aromatic carbocycles. The van der Waals surface area contributed by atoms with E-state index in [9.17, 15) is 4.79 Å². The summed E-state index contributed by atoms with van der Waals surface area (Å²) < 4.78 is 0. The van der Waals surface area contributed by atoms with Crippen LogP contribution < -0.4 is 0 Å². The number of carboxylic acid groups (broad SMARTS) is 1. The van der Waals surface area contributed by atoms with Gasteiger partial charge in [-0.05, 0) is 59.6 Å². The fraction of sp³-hybridized carbons (Fsp3) is 0.211. The topological polar surface area (TPSA) is 37.3 Å². The number of carbonyl (C=O) groups is 1. The molecule has 0 aromatic rings. The van der Waals surface area contributed by atoms with E-state index in [1.165, 1.54) is 28.4 Å². The Labute approximate surface area is 124 Å². The Kier molecular flexibility index (Phi) is 3.87. The highest BCUT2D eigenvalue weighted by atomic mass is 16.4. The van der Waals surface area contributed by atoms with Crippen molar-refractivity contribution in [3.05, 3.63) is 82.5 Å². The highest BCUT2D eigenvalue weighted by Gasteiger charge is 2.10. The molecule has 4 bridgehead atoms. The summed E-state index contributed by atoms with van der Waals surface area (Å²) in [6.07, 6.45) is 22.1. The maximum Gasteiger partial charge on any atom is 0.328 e. The van der Waals surface area contributed by atoms with Crippen LogP contribution in [0.4, 0.5) is 0 Å². The van der Waals surface area contributed by atoms with E-state index in [4.69, 9.17) is 5.11 Å². The molecule has 21 heavy (non-hydrogen) atoms.